The van der Waals surface area contributed by atoms with Crippen LogP contribution in [0.15, 0.2) is 0 Å². The van der Waals surface area contributed by atoms with Gasteiger partial charge in [0, 0.05) is 6.04 Å². The predicted molar refractivity (Wildman–Crippen MR) is 75.4 cm³/mol. The van der Waals surface area contributed by atoms with E-state index in [1.807, 2.05) is 6.92 Å². The van der Waals surface area contributed by atoms with E-state index < -0.39 is 5.54 Å². The lowest BCUT2D eigenvalue weighted by atomic mass is 9.77. The number of carbonyl (C=O) groups is 1. The Bertz CT molecular complexity index is 266. The van der Waals surface area contributed by atoms with Gasteiger partial charge in [-0.25, -0.2) is 0 Å². The standard InChI is InChI=1S/C14H29N3O/c1-4-10-17(6-3)12-8-7-9-14(11-12,13(15)18)16-5-2/h12,16H,4-11H2,1-3H3,(H2,15,18). The van der Waals surface area contributed by atoms with E-state index in [1.165, 1.54) is 6.42 Å². The van der Waals surface area contributed by atoms with Crippen LogP contribution in [-0.2, 0) is 4.79 Å². The number of carbonyl (C=O) groups excluding carboxylic acids is 1. The summed E-state index contributed by atoms with van der Waals surface area (Å²) < 4.78 is 0. The molecule has 2 unspecified atom stereocenters. The van der Waals surface area contributed by atoms with E-state index in [2.05, 4.69) is 24.1 Å². The molecule has 0 aromatic carbocycles. The highest BCUT2D eigenvalue weighted by Gasteiger charge is 2.41. The fourth-order valence-electron chi connectivity index (χ4n) is 3.25. The van der Waals surface area contributed by atoms with Gasteiger partial charge in [-0.1, -0.05) is 20.8 Å². The normalized spacial score (nSPS) is 28.6. The lowest BCUT2D eigenvalue weighted by molar-refractivity contribution is -0.126. The van der Waals surface area contributed by atoms with E-state index in [9.17, 15) is 4.79 Å². The van der Waals surface area contributed by atoms with Crippen molar-refractivity contribution in [1.29, 1.82) is 0 Å². The summed E-state index contributed by atoms with van der Waals surface area (Å²) in [5.74, 6) is -0.179. The first-order valence-electron chi connectivity index (χ1n) is 7.38. The molecule has 1 fully saturated rings. The van der Waals surface area contributed by atoms with Crippen LogP contribution in [0.5, 0.6) is 0 Å². The Kier molecular flexibility index (Phi) is 6.09. The van der Waals surface area contributed by atoms with Crippen LogP contribution in [-0.4, -0.2) is 42.0 Å². The van der Waals surface area contributed by atoms with Crippen molar-refractivity contribution in [3.63, 3.8) is 0 Å². The maximum Gasteiger partial charge on any atom is 0.237 e. The van der Waals surface area contributed by atoms with Gasteiger partial charge in [0.05, 0.1) is 5.54 Å². The molecule has 0 radical (unpaired) electrons. The molecule has 1 aliphatic rings. The van der Waals surface area contributed by atoms with Crippen LogP contribution in [0.3, 0.4) is 0 Å². The van der Waals surface area contributed by atoms with Gasteiger partial charge in [-0.2, -0.15) is 0 Å². The van der Waals surface area contributed by atoms with Crippen molar-refractivity contribution in [2.45, 2.75) is 64.5 Å². The van der Waals surface area contributed by atoms with Gasteiger partial charge in [0.25, 0.3) is 0 Å². The molecule has 0 heterocycles. The zero-order valence-electron chi connectivity index (χ0n) is 12.2. The van der Waals surface area contributed by atoms with Crippen LogP contribution in [0.2, 0.25) is 0 Å². The topological polar surface area (TPSA) is 58.4 Å². The molecule has 0 aliphatic heterocycles. The summed E-state index contributed by atoms with van der Waals surface area (Å²) in [5.41, 5.74) is 5.17. The van der Waals surface area contributed by atoms with Crippen LogP contribution < -0.4 is 11.1 Å². The second kappa shape index (κ2) is 7.10. The Morgan fingerprint density at radius 3 is 2.67 bits per heavy atom. The second-order valence-corrected chi connectivity index (χ2v) is 5.36. The molecule has 0 aromatic heterocycles. The molecule has 0 bridgehead atoms. The van der Waals surface area contributed by atoms with Crippen molar-refractivity contribution >= 4 is 5.91 Å². The maximum absolute atomic E-state index is 11.8. The molecule has 3 N–H and O–H groups in total. The molecular weight excluding hydrogens is 226 g/mol. The monoisotopic (exact) mass is 255 g/mol. The molecule has 1 amide bonds. The fourth-order valence-corrected chi connectivity index (χ4v) is 3.25. The van der Waals surface area contributed by atoms with Crippen LogP contribution in [0.4, 0.5) is 0 Å². The molecule has 1 rings (SSSR count). The van der Waals surface area contributed by atoms with Crippen LogP contribution in [0.25, 0.3) is 0 Å². The summed E-state index contributed by atoms with van der Waals surface area (Å²) in [6.07, 6.45) is 5.19. The third-order valence-electron chi connectivity index (χ3n) is 4.15. The molecule has 0 saturated heterocycles. The number of nitrogens with one attached hydrogen (secondary N) is 1. The summed E-state index contributed by atoms with van der Waals surface area (Å²) >= 11 is 0. The maximum atomic E-state index is 11.8. The third kappa shape index (κ3) is 3.45. The molecule has 1 saturated carbocycles. The van der Waals surface area contributed by atoms with E-state index in [4.69, 9.17) is 5.73 Å². The minimum Gasteiger partial charge on any atom is -0.368 e. The first-order valence-corrected chi connectivity index (χ1v) is 7.38. The number of nitrogens with zero attached hydrogens (tertiary/aromatic N) is 1. The van der Waals surface area contributed by atoms with Gasteiger partial charge in [0.2, 0.25) is 5.91 Å². The number of amides is 1. The van der Waals surface area contributed by atoms with Gasteiger partial charge in [-0.05, 0) is 51.7 Å². The summed E-state index contributed by atoms with van der Waals surface area (Å²) in [6.45, 7) is 9.41. The van der Waals surface area contributed by atoms with E-state index in [1.54, 1.807) is 0 Å². The zero-order chi connectivity index (χ0) is 13.6. The molecule has 18 heavy (non-hydrogen) atoms. The Morgan fingerprint density at radius 1 is 1.44 bits per heavy atom. The van der Waals surface area contributed by atoms with E-state index >= 15 is 0 Å². The van der Waals surface area contributed by atoms with Crippen molar-refractivity contribution in [3.05, 3.63) is 0 Å². The Labute approximate surface area is 111 Å². The summed E-state index contributed by atoms with van der Waals surface area (Å²) in [4.78, 5) is 14.3. The minimum absolute atomic E-state index is 0.179. The average Bonchev–Trinajstić information content (AvgIpc) is 2.36. The average molecular weight is 255 g/mol. The molecular formula is C14H29N3O. The highest BCUT2D eigenvalue weighted by molar-refractivity contribution is 5.84. The van der Waals surface area contributed by atoms with Gasteiger partial charge in [0.1, 0.15) is 0 Å². The molecule has 4 heteroatoms. The number of hydrogen-bond donors (Lipinski definition) is 2. The Hall–Kier alpha value is -0.610. The van der Waals surface area contributed by atoms with E-state index in [0.29, 0.717) is 6.04 Å². The summed E-state index contributed by atoms with van der Waals surface area (Å²) in [7, 11) is 0. The lowest BCUT2D eigenvalue weighted by Crippen LogP contribution is -2.60. The van der Waals surface area contributed by atoms with Crippen LogP contribution in [0.1, 0.15) is 52.9 Å². The minimum atomic E-state index is -0.473. The Balaban J connectivity index is 2.76. The molecule has 0 aromatic rings. The SMILES string of the molecule is CCCN(CC)C1CCCC(NCC)(C(N)=O)C1. The molecule has 4 nitrogen and oxygen atoms in total. The lowest BCUT2D eigenvalue weighted by Gasteiger charge is -2.43. The highest BCUT2D eigenvalue weighted by atomic mass is 16.1. The smallest absolute Gasteiger partial charge is 0.237 e. The summed E-state index contributed by atoms with van der Waals surface area (Å²) in [6, 6.07) is 0.496. The molecule has 1 aliphatic carbocycles. The van der Waals surface area contributed by atoms with Gasteiger partial charge in [0.15, 0.2) is 0 Å². The van der Waals surface area contributed by atoms with Gasteiger partial charge in [-0.15, -0.1) is 0 Å². The van der Waals surface area contributed by atoms with Gasteiger partial charge in [-0.3, -0.25) is 4.79 Å². The third-order valence-corrected chi connectivity index (χ3v) is 4.15. The van der Waals surface area contributed by atoms with Crippen molar-refractivity contribution in [1.82, 2.24) is 10.2 Å². The molecule has 2 atom stereocenters. The van der Waals surface area contributed by atoms with Crippen molar-refractivity contribution in [2.75, 3.05) is 19.6 Å². The van der Waals surface area contributed by atoms with E-state index in [0.717, 1.165) is 45.3 Å². The molecule has 0 spiro atoms. The zero-order valence-corrected chi connectivity index (χ0v) is 12.2. The fraction of sp³-hybridized carbons (Fsp3) is 0.929. The first kappa shape index (κ1) is 15.4. The van der Waals surface area contributed by atoms with Gasteiger partial charge < -0.3 is 16.0 Å². The predicted octanol–water partition coefficient (Wildman–Crippen LogP) is 1.49. The summed E-state index contributed by atoms with van der Waals surface area (Å²) in [5, 5.41) is 3.35. The number of hydrogen-bond acceptors (Lipinski definition) is 3. The van der Waals surface area contributed by atoms with Crippen LogP contribution >= 0.6 is 0 Å². The Morgan fingerprint density at radius 2 is 2.17 bits per heavy atom. The van der Waals surface area contributed by atoms with Crippen molar-refractivity contribution in [2.24, 2.45) is 5.73 Å². The number of primary amides is 1. The van der Waals surface area contributed by atoms with Crippen molar-refractivity contribution in [3.8, 4) is 0 Å². The largest absolute Gasteiger partial charge is 0.368 e. The quantitative estimate of drug-likeness (QED) is 0.725. The number of nitrogens with two attached hydrogens (primary N) is 1. The second-order valence-electron chi connectivity index (χ2n) is 5.36. The number of likely N-dealkylation sites (N-methyl/N-ethyl adjacent to an activating group) is 1. The first-order chi connectivity index (χ1) is 8.59. The van der Waals surface area contributed by atoms with Gasteiger partial charge >= 0.3 is 0 Å². The van der Waals surface area contributed by atoms with E-state index in [-0.39, 0.29) is 5.91 Å². The van der Waals surface area contributed by atoms with Crippen molar-refractivity contribution < 1.29 is 4.79 Å². The molecule has 106 valence electrons. The number of rotatable bonds is 7. The highest BCUT2D eigenvalue weighted by Crippen LogP contribution is 2.31. The van der Waals surface area contributed by atoms with Crippen LogP contribution in [0, 0.1) is 0 Å².